The van der Waals surface area contributed by atoms with E-state index in [9.17, 15) is 24.6 Å². The number of aliphatic hydroxyl groups is 2. The predicted molar refractivity (Wildman–Crippen MR) is 133 cm³/mol. The summed E-state index contributed by atoms with van der Waals surface area (Å²) in [6, 6.07) is 8.14. The van der Waals surface area contributed by atoms with Gasteiger partial charge in [0, 0.05) is 12.3 Å². The van der Waals surface area contributed by atoms with E-state index in [1.54, 1.807) is 44.2 Å². The number of alkyl halides is 1. The summed E-state index contributed by atoms with van der Waals surface area (Å²) in [6.07, 6.45) is -3.36. The molecule has 1 aliphatic rings. The number of para-hydroxylation sites is 1. The van der Waals surface area contributed by atoms with Gasteiger partial charge in [0.1, 0.15) is 30.1 Å². The standard InChI is InChI=1S/C22H29FN3O9PS/c1-13(2)33-17(28)14(3)25-36(37,35-15-8-6-5-7-9-15)32-12-22(23)18(29)21(4,31)19(34-22)26-11-10-16(27)24-20(26)30/h5-11,13-14,18-19,29,31H,12H2,1-4H3,(H,25,37)(H,24,27,30)/t14?,18-,19?,21+,22+,36?/m0/s1. The van der Waals surface area contributed by atoms with E-state index >= 15 is 4.39 Å². The first-order valence-electron chi connectivity index (χ1n) is 11.2. The van der Waals surface area contributed by atoms with Gasteiger partial charge in [-0.3, -0.25) is 19.1 Å². The molecule has 3 rings (SSSR count). The van der Waals surface area contributed by atoms with Crippen molar-refractivity contribution < 1.29 is 37.9 Å². The van der Waals surface area contributed by atoms with E-state index < -0.39 is 66.4 Å². The van der Waals surface area contributed by atoms with E-state index in [0.29, 0.717) is 0 Å². The Balaban J connectivity index is 1.86. The number of aliphatic hydroxyl groups excluding tert-OH is 1. The van der Waals surface area contributed by atoms with Crippen molar-refractivity contribution in [3.63, 3.8) is 0 Å². The Morgan fingerprint density at radius 1 is 1.30 bits per heavy atom. The summed E-state index contributed by atoms with van der Waals surface area (Å²) in [5.74, 6) is -3.47. The molecule has 4 N–H and O–H groups in total. The highest BCUT2D eigenvalue weighted by Crippen LogP contribution is 2.50. The van der Waals surface area contributed by atoms with Crippen molar-refractivity contribution in [3.8, 4) is 5.75 Å². The minimum atomic E-state index is -3.71. The number of aromatic nitrogens is 2. The zero-order valence-electron chi connectivity index (χ0n) is 20.5. The Labute approximate surface area is 216 Å². The minimum Gasteiger partial charge on any atom is -0.462 e. The zero-order chi connectivity index (χ0) is 27.6. The average molecular weight is 562 g/mol. The number of aromatic amines is 1. The summed E-state index contributed by atoms with van der Waals surface area (Å²) < 4.78 is 38.5. The van der Waals surface area contributed by atoms with Crippen LogP contribution in [0.15, 0.2) is 52.2 Å². The van der Waals surface area contributed by atoms with Crippen molar-refractivity contribution in [1.82, 2.24) is 14.6 Å². The Morgan fingerprint density at radius 3 is 2.54 bits per heavy atom. The molecule has 0 radical (unpaired) electrons. The first-order valence-corrected chi connectivity index (χ1v) is 13.9. The molecule has 0 saturated carbocycles. The van der Waals surface area contributed by atoms with Crippen LogP contribution < -0.4 is 20.9 Å². The number of carbonyl (C=O) groups is 1. The Kier molecular flexibility index (Phi) is 8.75. The number of H-pyrrole nitrogens is 1. The number of nitrogens with zero attached hydrogens (tertiary/aromatic N) is 1. The summed E-state index contributed by atoms with van der Waals surface area (Å²) in [6.45, 7) is 1.08. The van der Waals surface area contributed by atoms with Crippen molar-refractivity contribution in [2.45, 2.75) is 63.6 Å². The van der Waals surface area contributed by atoms with Gasteiger partial charge in [-0.25, -0.2) is 14.3 Å². The second kappa shape index (κ2) is 11.1. The number of rotatable bonds is 10. The molecule has 1 fully saturated rings. The largest absolute Gasteiger partial charge is 0.462 e. The van der Waals surface area contributed by atoms with Gasteiger partial charge in [0.15, 0.2) is 6.23 Å². The second-order valence-corrected chi connectivity index (χ2v) is 12.0. The lowest BCUT2D eigenvalue weighted by atomic mass is 9.95. The summed E-state index contributed by atoms with van der Waals surface area (Å²) in [5.41, 5.74) is -4.04. The molecule has 12 nitrogen and oxygen atoms in total. The molecule has 1 aromatic carbocycles. The monoisotopic (exact) mass is 561 g/mol. The van der Waals surface area contributed by atoms with Crippen LogP contribution in [0, 0.1) is 0 Å². The Hall–Kier alpha value is -2.45. The molecule has 1 aliphatic heterocycles. The maximum absolute atomic E-state index is 15.9. The molecule has 0 amide bonds. The fourth-order valence-corrected chi connectivity index (χ4v) is 5.91. The van der Waals surface area contributed by atoms with E-state index in [1.165, 1.54) is 6.92 Å². The predicted octanol–water partition coefficient (Wildman–Crippen LogP) is 1.09. The van der Waals surface area contributed by atoms with E-state index in [1.807, 2.05) is 4.98 Å². The second-order valence-electron chi connectivity index (χ2n) is 8.91. The number of esters is 1. The van der Waals surface area contributed by atoms with Gasteiger partial charge in [0.05, 0.1) is 6.10 Å². The number of benzene rings is 1. The SMILES string of the molecule is CC(C)OC(=O)C(C)NP(=S)(OC[C@@]1(F)OC(n2ccc(=O)[nH]c2=O)[C@](C)(O)[C@@H]1O)Oc1ccccc1. The number of hydrogen-bond donors (Lipinski definition) is 4. The summed E-state index contributed by atoms with van der Waals surface area (Å²) >= 11 is 5.52. The van der Waals surface area contributed by atoms with Crippen LogP contribution in [0.5, 0.6) is 5.75 Å². The third-order valence-corrected chi connectivity index (χ3v) is 7.81. The van der Waals surface area contributed by atoms with Gasteiger partial charge in [-0.2, -0.15) is 0 Å². The highest BCUT2D eigenvalue weighted by atomic mass is 32.5. The van der Waals surface area contributed by atoms with E-state index in [0.717, 1.165) is 23.8 Å². The van der Waals surface area contributed by atoms with Gasteiger partial charge in [0.25, 0.3) is 11.4 Å². The molecular formula is C22H29FN3O9PS. The topological polar surface area (TPSA) is 161 Å². The van der Waals surface area contributed by atoms with Crippen LogP contribution >= 0.6 is 6.64 Å². The van der Waals surface area contributed by atoms with Crippen LogP contribution in [0.1, 0.15) is 33.9 Å². The summed E-state index contributed by atoms with van der Waals surface area (Å²) in [4.78, 5) is 37.9. The number of hydrogen-bond acceptors (Lipinski definition) is 10. The van der Waals surface area contributed by atoms with Gasteiger partial charge in [0.2, 0.25) is 0 Å². The van der Waals surface area contributed by atoms with Crippen LogP contribution in [-0.4, -0.2) is 62.0 Å². The third-order valence-electron chi connectivity index (χ3n) is 5.33. The maximum atomic E-state index is 15.9. The first-order chi connectivity index (χ1) is 17.2. The molecule has 2 aromatic rings. The number of halogens is 1. The van der Waals surface area contributed by atoms with Crippen molar-refractivity contribution >= 4 is 24.4 Å². The van der Waals surface area contributed by atoms with E-state index in [-0.39, 0.29) is 5.75 Å². The zero-order valence-corrected chi connectivity index (χ0v) is 22.2. The normalized spacial score (nSPS) is 28.0. The molecule has 37 heavy (non-hydrogen) atoms. The van der Waals surface area contributed by atoms with Gasteiger partial charge >= 0.3 is 18.3 Å². The molecule has 1 saturated heterocycles. The fourth-order valence-electron chi connectivity index (χ4n) is 3.51. The van der Waals surface area contributed by atoms with Gasteiger partial charge in [-0.05, 0) is 51.6 Å². The molecule has 3 unspecified atom stereocenters. The van der Waals surface area contributed by atoms with Crippen LogP contribution in [0.25, 0.3) is 0 Å². The number of nitrogens with one attached hydrogen (secondary N) is 2. The quantitative estimate of drug-likeness (QED) is 0.243. The van der Waals surface area contributed by atoms with Crippen LogP contribution in [0.3, 0.4) is 0 Å². The van der Waals surface area contributed by atoms with Crippen LogP contribution in [0.2, 0.25) is 0 Å². The van der Waals surface area contributed by atoms with Crippen molar-refractivity contribution in [2.75, 3.05) is 6.61 Å². The van der Waals surface area contributed by atoms with E-state index in [4.69, 9.17) is 30.3 Å². The lowest BCUT2D eigenvalue weighted by molar-refractivity contribution is -0.203. The lowest BCUT2D eigenvalue weighted by Crippen LogP contribution is -2.50. The molecule has 6 atom stereocenters. The van der Waals surface area contributed by atoms with E-state index in [2.05, 4.69) is 5.09 Å². The molecule has 1 aromatic heterocycles. The fraction of sp³-hybridized carbons (Fsp3) is 0.500. The molecule has 0 spiro atoms. The molecule has 0 bridgehead atoms. The Bertz CT molecular complexity index is 1270. The van der Waals surface area contributed by atoms with Crippen LogP contribution in [0.4, 0.5) is 4.39 Å². The highest BCUT2D eigenvalue weighted by Gasteiger charge is 2.63. The molecule has 2 heterocycles. The van der Waals surface area contributed by atoms with Crippen LogP contribution in [-0.2, 0) is 30.6 Å². The Morgan fingerprint density at radius 2 is 1.95 bits per heavy atom. The molecule has 15 heteroatoms. The maximum Gasteiger partial charge on any atom is 0.330 e. The van der Waals surface area contributed by atoms with Crippen molar-refractivity contribution in [1.29, 1.82) is 0 Å². The average Bonchev–Trinajstić information content (AvgIpc) is 2.98. The number of ether oxygens (including phenoxy) is 2. The minimum absolute atomic E-state index is 0.258. The molecular weight excluding hydrogens is 532 g/mol. The smallest absolute Gasteiger partial charge is 0.330 e. The first kappa shape index (κ1) is 29.1. The van der Waals surface area contributed by atoms with Gasteiger partial charge in [-0.1, -0.05) is 18.2 Å². The summed E-state index contributed by atoms with van der Waals surface area (Å²) in [5, 5.41) is 24.2. The molecule has 204 valence electrons. The lowest BCUT2D eigenvalue weighted by Gasteiger charge is -2.30. The number of carbonyl (C=O) groups excluding carboxylic acids is 1. The van der Waals surface area contributed by atoms with Gasteiger partial charge < -0.3 is 28.7 Å². The summed E-state index contributed by atoms with van der Waals surface area (Å²) in [7, 11) is 0. The van der Waals surface area contributed by atoms with Crippen molar-refractivity contribution in [3.05, 3.63) is 63.4 Å². The van der Waals surface area contributed by atoms with Crippen molar-refractivity contribution in [2.24, 2.45) is 0 Å². The molecule has 0 aliphatic carbocycles. The third kappa shape index (κ3) is 6.71. The van der Waals surface area contributed by atoms with Gasteiger partial charge in [-0.15, -0.1) is 0 Å². The highest BCUT2D eigenvalue weighted by molar-refractivity contribution is 8.09.